The SMILES string of the molecule is CCn1ncc(C(=O)c2ccc3c(c2C)C(=NOC)CCS3(=O)=O)c1OS(=O)(=O)c1ccc(C)cc1. The second kappa shape index (κ2) is 9.51. The molecule has 0 amide bonds. The maximum atomic E-state index is 13.6. The molecule has 0 aliphatic carbocycles. The van der Waals surface area contributed by atoms with Crippen LogP contribution in [0, 0.1) is 13.8 Å². The van der Waals surface area contributed by atoms with Gasteiger partial charge in [0, 0.05) is 24.1 Å². The van der Waals surface area contributed by atoms with Gasteiger partial charge in [-0.1, -0.05) is 22.9 Å². The van der Waals surface area contributed by atoms with Gasteiger partial charge in [0.2, 0.25) is 5.88 Å². The molecule has 12 heteroatoms. The number of carbonyl (C=O) groups is 1. The average molecular weight is 532 g/mol. The van der Waals surface area contributed by atoms with Crippen LogP contribution in [-0.2, 0) is 31.3 Å². The quantitative estimate of drug-likeness (QED) is 0.258. The summed E-state index contributed by atoms with van der Waals surface area (Å²) in [7, 11) is -6.45. The fraction of sp³-hybridized carbons (Fsp3) is 0.292. The van der Waals surface area contributed by atoms with Gasteiger partial charge in [0.25, 0.3) is 0 Å². The lowest BCUT2D eigenvalue weighted by molar-refractivity contribution is 0.103. The van der Waals surface area contributed by atoms with Crippen LogP contribution in [-0.4, -0.2) is 51.0 Å². The van der Waals surface area contributed by atoms with E-state index in [4.69, 9.17) is 9.02 Å². The highest BCUT2D eigenvalue weighted by molar-refractivity contribution is 7.91. The largest absolute Gasteiger partial charge is 0.399 e. The number of fused-ring (bicyclic) bond motifs is 1. The molecular weight excluding hydrogens is 506 g/mol. The summed E-state index contributed by atoms with van der Waals surface area (Å²) < 4.78 is 57.9. The van der Waals surface area contributed by atoms with E-state index in [0.29, 0.717) is 16.8 Å². The Morgan fingerprint density at radius 2 is 1.81 bits per heavy atom. The molecule has 0 N–H and O–H groups in total. The molecule has 4 rings (SSSR count). The third-order valence-corrected chi connectivity index (χ3v) is 8.92. The summed E-state index contributed by atoms with van der Waals surface area (Å²) in [5.41, 5.74) is 2.09. The van der Waals surface area contributed by atoms with Crippen LogP contribution in [0.4, 0.5) is 0 Å². The van der Waals surface area contributed by atoms with Crippen molar-refractivity contribution in [3.05, 3.63) is 70.4 Å². The summed E-state index contributed by atoms with van der Waals surface area (Å²) in [4.78, 5) is 18.5. The van der Waals surface area contributed by atoms with Crippen LogP contribution in [0.1, 0.15) is 46.0 Å². The van der Waals surface area contributed by atoms with Crippen molar-refractivity contribution in [2.75, 3.05) is 12.9 Å². The molecule has 2 aromatic carbocycles. The van der Waals surface area contributed by atoms with Gasteiger partial charge in [0.15, 0.2) is 15.6 Å². The Labute approximate surface area is 209 Å². The third-order valence-electron chi connectivity index (χ3n) is 5.94. The number of nitrogens with zero attached hydrogens (tertiary/aromatic N) is 3. The molecule has 0 atom stereocenters. The summed E-state index contributed by atoms with van der Waals surface area (Å²) in [5.74, 6) is -0.907. The van der Waals surface area contributed by atoms with Gasteiger partial charge in [0.1, 0.15) is 17.6 Å². The second-order valence-electron chi connectivity index (χ2n) is 8.26. The van der Waals surface area contributed by atoms with E-state index in [1.54, 1.807) is 26.0 Å². The van der Waals surface area contributed by atoms with E-state index in [1.165, 1.54) is 42.3 Å². The van der Waals surface area contributed by atoms with Crippen molar-refractivity contribution in [3.8, 4) is 5.88 Å². The molecule has 36 heavy (non-hydrogen) atoms. The molecular formula is C24H25N3O7S2. The van der Waals surface area contributed by atoms with E-state index in [-0.39, 0.29) is 45.5 Å². The minimum absolute atomic E-state index is 0.0639. The zero-order valence-electron chi connectivity index (χ0n) is 20.2. The lowest BCUT2D eigenvalue weighted by Gasteiger charge is -2.21. The summed E-state index contributed by atoms with van der Waals surface area (Å²) >= 11 is 0. The van der Waals surface area contributed by atoms with Crippen LogP contribution in [0.2, 0.25) is 0 Å². The summed E-state index contributed by atoms with van der Waals surface area (Å²) in [6, 6.07) is 8.90. The van der Waals surface area contributed by atoms with E-state index in [9.17, 15) is 21.6 Å². The molecule has 10 nitrogen and oxygen atoms in total. The maximum Gasteiger partial charge on any atom is 0.340 e. The van der Waals surface area contributed by atoms with Crippen LogP contribution in [0.15, 0.2) is 57.5 Å². The lowest BCUT2D eigenvalue weighted by Crippen LogP contribution is -2.24. The zero-order valence-corrected chi connectivity index (χ0v) is 21.8. The first-order chi connectivity index (χ1) is 17.0. The number of carbonyl (C=O) groups excluding carboxylic acids is 1. The second-order valence-corrected chi connectivity index (χ2v) is 11.9. The fourth-order valence-electron chi connectivity index (χ4n) is 4.06. The van der Waals surface area contributed by atoms with E-state index < -0.39 is 25.7 Å². The van der Waals surface area contributed by atoms with Crippen molar-refractivity contribution in [2.45, 2.75) is 43.5 Å². The Morgan fingerprint density at radius 1 is 1.11 bits per heavy atom. The maximum absolute atomic E-state index is 13.6. The van der Waals surface area contributed by atoms with Crippen molar-refractivity contribution >= 4 is 31.5 Å². The fourth-order valence-corrected chi connectivity index (χ4v) is 6.55. The number of oxime groups is 1. The number of ketones is 1. The molecule has 0 saturated carbocycles. The van der Waals surface area contributed by atoms with Gasteiger partial charge in [-0.15, -0.1) is 0 Å². The predicted octanol–water partition coefficient (Wildman–Crippen LogP) is 3.05. The highest BCUT2D eigenvalue weighted by Gasteiger charge is 2.33. The van der Waals surface area contributed by atoms with Crippen LogP contribution in [0.25, 0.3) is 0 Å². The van der Waals surface area contributed by atoms with Crippen molar-refractivity contribution in [3.63, 3.8) is 0 Å². The van der Waals surface area contributed by atoms with Crippen LogP contribution >= 0.6 is 0 Å². The van der Waals surface area contributed by atoms with Gasteiger partial charge < -0.3 is 9.02 Å². The monoisotopic (exact) mass is 531 g/mol. The van der Waals surface area contributed by atoms with E-state index in [0.717, 1.165) is 5.56 Å². The Hall–Kier alpha value is -3.51. The number of rotatable bonds is 7. The smallest absolute Gasteiger partial charge is 0.340 e. The Balaban J connectivity index is 1.81. The molecule has 2 heterocycles. The molecule has 190 valence electrons. The number of sulfone groups is 1. The molecule has 0 spiro atoms. The van der Waals surface area contributed by atoms with Gasteiger partial charge in [0.05, 0.1) is 22.6 Å². The Kier molecular flexibility index (Phi) is 6.76. The van der Waals surface area contributed by atoms with Crippen LogP contribution < -0.4 is 4.18 Å². The first-order valence-corrected chi connectivity index (χ1v) is 14.1. The Bertz CT molecular complexity index is 1590. The highest BCUT2D eigenvalue weighted by Crippen LogP contribution is 2.33. The summed E-state index contributed by atoms with van der Waals surface area (Å²) in [6.07, 6.45) is 1.38. The van der Waals surface area contributed by atoms with Gasteiger partial charge in [-0.05, 0) is 50.6 Å². The third kappa shape index (κ3) is 4.53. The molecule has 0 bridgehead atoms. The molecule has 0 saturated heterocycles. The lowest BCUT2D eigenvalue weighted by atomic mass is 9.93. The van der Waals surface area contributed by atoms with Crippen molar-refractivity contribution < 1.29 is 30.7 Å². The van der Waals surface area contributed by atoms with Gasteiger partial charge in [-0.25, -0.2) is 13.1 Å². The number of hydrogen-bond acceptors (Lipinski definition) is 9. The van der Waals surface area contributed by atoms with E-state index in [2.05, 4.69) is 10.3 Å². The first-order valence-electron chi connectivity index (χ1n) is 11.1. The van der Waals surface area contributed by atoms with Gasteiger partial charge in [-0.2, -0.15) is 13.5 Å². The van der Waals surface area contributed by atoms with E-state index >= 15 is 0 Å². The summed E-state index contributed by atoms with van der Waals surface area (Å²) in [5, 5.41) is 8.09. The molecule has 0 unspecified atom stereocenters. The van der Waals surface area contributed by atoms with Gasteiger partial charge >= 0.3 is 10.1 Å². The molecule has 0 fully saturated rings. The first kappa shape index (κ1) is 25.6. The predicted molar refractivity (Wildman–Crippen MR) is 132 cm³/mol. The van der Waals surface area contributed by atoms with Crippen molar-refractivity contribution in [2.24, 2.45) is 5.16 Å². The number of hydrogen-bond donors (Lipinski definition) is 0. The molecule has 1 aromatic heterocycles. The van der Waals surface area contributed by atoms with E-state index in [1.807, 2.05) is 6.92 Å². The van der Waals surface area contributed by atoms with Crippen molar-refractivity contribution in [1.82, 2.24) is 9.78 Å². The summed E-state index contributed by atoms with van der Waals surface area (Å²) in [6.45, 7) is 5.42. The molecule has 0 radical (unpaired) electrons. The van der Waals surface area contributed by atoms with Crippen LogP contribution in [0.3, 0.4) is 0 Å². The van der Waals surface area contributed by atoms with Gasteiger partial charge in [-0.3, -0.25) is 4.79 Å². The zero-order chi connectivity index (χ0) is 26.3. The molecule has 1 aliphatic heterocycles. The number of aryl methyl sites for hydroxylation is 2. The molecule has 3 aromatic rings. The highest BCUT2D eigenvalue weighted by atomic mass is 32.2. The normalized spacial score (nSPS) is 15.9. The Morgan fingerprint density at radius 3 is 2.44 bits per heavy atom. The number of aromatic nitrogens is 2. The topological polar surface area (TPSA) is 134 Å². The minimum Gasteiger partial charge on any atom is -0.399 e. The van der Waals surface area contributed by atoms with Crippen molar-refractivity contribution in [1.29, 1.82) is 0 Å². The number of benzene rings is 2. The van der Waals surface area contributed by atoms with Crippen LogP contribution in [0.5, 0.6) is 5.88 Å². The minimum atomic E-state index is -4.25. The average Bonchev–Trinajstić information content (AvgIpc) is 3.23. The standard InChI is InChI=1S/C24H25N3O7S2/c1-5-27-24(34-36(31,32)17-8-6-15(2)7-9-17)19(14-25-27)23(28)18-10-11-21-22(16(18)3)20(26-33-4)12-13-35(21,29)30/h6-11,14H,5,12-13H2,1-4H3. The molecule has 1 aliphatic rings.